The van der Waals surface area contributed by atoms with E-state index in [-0.39, 0.29) is 5.57 Å². The van der Waals surface area contributed by atoms with Crippen LogP contribution >= 0.6 is 0 Å². The number of hydrogen-bond acceptors (Lipinski definition) is 6. The molecule has 0 N–H and O–H groups in total. The topological polar surface area (TPSA) is 78.9 Å². The van der Waals surface area contributed by atoms with Gasteiger partial charge in [-0.2, -0.15) is 0 Å². The second kappa shape index (κ2) is 5.87. The molecule has 6 heteroatoms. The van der Waals surface area contributed by atoms with Crippen LogP contribution in [0.2, 0.25) is 0 Å². The van der Waals surface area contributed by atoms with Crippen LogP contribution in [-0.4, -0.2) is 23.7 Å². The minimum Gasteiger partial charge on any atom is -0.427 e. The molecular weight excluding hydrogens is 300 g/mol. The number of hydrogen-bond donors (Lipinski definition) is 0. The summed E-state index contributed by atoms with van der Waals surface area (Å²) in [6, 6.07) is 6.41. The van der Waals surface area contributed by atoms with Crippen LogP contribution in [0.25, 0.3) is 6.08 Å². The van der Waals surface area contributed by atoms with Crippen molar-refractivity contribution >= 4 is 24.0 Å². The first-order valence-corrected chi connectivity index (χ1v) is 7.44. The minimum atomic E-state index is -1.06. The van der Waals surface area contributed by atoms with Gasteiger partial charge in [-0.3, -0.25) is 4.79 Å². The number of benzene rings is 1. The van der Waals surface area contributed by atoms with Gasteiger partial charge in [0.25, 0.3) is 5.79 Å². The second-order valence-corrected chi connectivity index (χ2v) is 5.62. The first-order valence-electron chi connectivity index (χ1n) is 7.44. The van der Waals surface area contributed by atoms with E-state index in [0.29, 0.717) is 24.2 Å². The Morgan fingerprint density at radius 1 is 1.09 bits per heavy atom. The highest BCUT2D eigenvalue weighted by Gasteiger charge is 2.47. The summed E-state index contributed by atoms with van der Waals surface area (Å²) in [5, 5.41) is 0. The first-order chi connectivity index (χ1) is 11.0. The van der Waals surface area contributed by atoms with E-state index in [1.54, 1.807) is 24.3 Å². The van der Waals surface area contributed by atoms with Crippen LogP contribution in [-0.2, 0) is 23.9 Å². The van der Waals surface area contributed by atoms with Gasteiger partial charge in [0.15, 0.2) is 0 Å². The van der Waals surface area contributed by atoms with Gasteiger partial charge in [0.05, 0.1) is 0 Å². The van der Waals surface area contributed by atoms with E-state index in [0.717, 1.165) is 12.8 Å². The van der Waals surface area contributed by atoms with E-state index in [1.165, 1.54) is 13.0 Å². The van der Waals surface area contributed by atoms with Crippen molar-refractivity contribution in [1.29, 1.82) is 0 Å². The summed E-state index contributed by atoms with van der Waals surface area (Å²) >= 11 is 0. The Balaban J connectivity index is 1.78. The zero-order valence-electron chi connectivity index (χ0n) is 12.7. The predicted molar refractivity (Wildman–Crippen MR) is 79.1 cm³/mol. The molecule has 2 fully saturated rings. The summed E-state index contributed by atoms with van der Waals surface area (Å²) in [6.45, 7) is 1.31. The maximum absolute atomic E-state index is 12.1. The molecule has 1 spiro atoms. The van der Waals surface area contributed by atoms with Crippen molar-refractivity contribution in [3.8, 4) is 5.75 Å². The molecule has 1 saturated carbocycles. The summed E-state index contributed by atoms with van der Waals surface area (Å²) in [5.41, 5.74) is 0.468. The molecule has 2 aliphatic rings. The lowest BCUT2D eigenvalue weighted by Crippen LogP contribution is -2.44. The molecule has 0 bridgehead atoms. The van der Waals surface area contributed by atoms with E-state index in [1.807, 2.05) is 0 Å². The lowest BCUT2D eigenvalue weighted by atomic mass is 10.1. The molecule has 1 aromatic carbocycles. The predicted octanol–water partition coefficient (Wildman–Crippen LogP) is 2.37. The van der Waals surface area contributed by atoms with Crippen LogP contribution < -0.4 is 4.74 Å². The molecule has 1 aliphatic carbocycles. The van der Waals surface area contributed by atoms with Crippen LogP contribution in [0.3, 0.4) is 0 Å². The van der Waals surface area contributed by atoms with Gasteiger partial charge < -0.3 is 14.2 Å². The number of ether oxygens (including phenoxy) is 3. The van der Waals surface area contributed by atoms with Crippen LogP contribution in [0.5, 0.6) is 5.75 Å². The average Bonchev–Trinajstić information content (AvgIpc) is 2.92. The number of esters is 3. The Labute approximate surface area is 133 Å². The van der Waals surface area contributed by atoms with Gasteiger partial charge in [0.1, 0.15) is 11.3 Å². The molecule has 0 radical (unpaired) electrons. The Morgan fingerprint density at radius 3 is 2.17 bits per heavy atom. The molecule has 3 rings (SSSR count). The van der Waals surface area contributed by atoms with Crippen LogP contribution in [0.1, 0.15) is 38.2 Å². The number of rotatable bonds is 2. The fourth-order valence-corrected chi connectivity index (χ4v) is 2.75. The highest BCUT2D eigenvalue weighted by atomic mass is 16.7. The Kier molecular flexibility index (Phi) is 3.90. The third-order valence-corrected chi connectivity index (χ3v) is 3.82. The van der Waals surface area contributed by atoms with E-state index in [2.05, 4.69) is 0 Å². The molecule has 1 saturated heterocycles. The van der Waals surface area contributed by atoms with Gasteiger partial charge in [-0.1, -0.05) is 12.1 Å². The Bertz CT molecular complexity index is 658. The van der Waals surface area contributed by atoms with E-state index >= 15 is 0 Å². The number of carbonyl (C=O) groups excluding carboxylic acids is 3. The Hall–Kier alpha value is -2.63. The smallest absolute Gasteiger partial charge is 0.348 e. The summed E-state index contributed by atoms with van der Waals surface area (Å²) in [7, 11) is 0. The molecule has 23 heavy (non-hydrogen) atoms. The highest BCUT2D eigenvalue weighted by Crippen LogP contribution is 2.38. The molecule has 6 nitrogen and oxygen atoms in total. The van der Waals surface area contributed by atoms with Crippen molar-refractivity contribution in [3.05, 3.63) is 35.4 Å². The van der Waals surface area contributed by atoms with Crippen molar-refractivity contribution in [2.75, 3.05) is 0 Å². The lowest BCUT2D eigenvalue weighted by molar-refractivity contribution is -0.232. The second-order valence-electron chi connectivity index (χ2n) is 5.62. The molecule has 0 atom stereocenters. The van der Waals surface area contributed by atoms with Crippen LogP contribution in [0, 0.1) is 0 Å². The highest BCUT2D eigenvalue weighted by molar-refractivity contribution is 6.18. The van der Waals surface area contributed by atoms with E-state index in [9.17, 15) is 14.4 Å². The fraction of sp³-hybridized carbons (Fsp3) is 0.353. The monoisotopic (exact) mass is 316 g/mol. The van der Waals surface area contributed by atoms with Crippen molar-refractivity contribution in [1.82, 2.24) is 0 Å². The largest absolute Gasteiger partial charge is 0.427 e. The lowest BCUT2D eigenvalue weighted by Gasteiger charge is -2.32. The first kappa shape index (κ1) is 15.3. The zero-order chi connectivity index (χ0) is 16.4. The summed E-state index contributed by atoms with van der Waals surface area (Å²) in [4.78, 5) is 35.1. The standard InChI is InChI=1S/C17H16O6/c1-11(18)21-13-6-4-12(5-7-13)10-14-15(19)22-17(23-16(14)20)8-2-3-9-17/h4-7,10H,2-3,8-9H2,1H3. The fourth-order valence-electron chi connectivity index (χ4n) is 2.75. The van der Waals surface area contributed by atoms with Gasteiger partial charge in [-0.15, -0.1) is 0 Å². The van der Waals surface area contributed by atoms with Crippen molar-refractivity contribution in [3.63, 3.8) is 0 Å². The van der Waals surface area contributed by atoms with Crippen LogP contribution in [0.4, 0.5) is 0 Å². The molecule has 1 aliphatic heterocycles. The molecule has 1 aromatic rings. The zero-order valence-corrected chi connectivity index (χ0v) is 12.7. The van der Waals surface area contributed by atoms with E-state index in [4.69, 9.17) is 14.2 Å². The quantitative estimate of drug-likeness (QED) is 0.361. The van der Waals surface area contributed by atoms with Crippen molar-refractivity contribution < 1.29 is 28.6 Å². The molecule has 1 heterocycles. The maximum Gasteiger partial charge on any atom is 0.348 e. The SMILES string of the molecule is CC(=O)Oc1ccc(C=C2C(=O)OC3(CCCC3)OC2=O)cc1. The third kappa shape index (κ3) is 3.26. The molecule has 0 amide bonds. The average molecular weight is 316 g/mol. The summed E-state index contributed by atoms with van der Waals surface area (Å²) in [5.74, 6) is -2.42. The molecule has 0 unspecified atom stereocenters. The number of carbonyl (C=O) groups is 3. The third-order valence-electron chi connectivity index (χ3n) is 3.82. The molecule has 0 aromatic heterocycles. The van der Waals surface area contributed by atoms with Crippen LogP contribution in [0.15, 0.2) is 29.8 Å². The molecular formula is C17H16O6. The Morgan fingerprint density at radius 2 is 1.65 bits per heavy atom. The van der Waals surface area contributed by atoms with Crippen molar-refractivity contribution in [2.24, 2.45) is 0 Å². The van der Waals surface area contributed by atoms with Gasteiger partial charge in [0.2, 0.25) is 0 Å². The normalized spacial score (nSPS) is 19.3. The summed E-state index contributed by atoms with van der Waals surface area (Å²) < 4.78 is 15.6. The van der Waals surface area contributed by atoms with Gasteiger partial charge >= 0.3 is 17.9 Å². The maximum atomic E-state index is 12.1. The van der Waals surface area contributed by atoms with E-state index < -0.39 is 23.7 Å². The minimum absolute atomic E-state index is 0.136. The van der Waals surface area contributed by atoms with Crippen molar-refractivity contribution in [2.45, 2.75) is 38.4 Å². The summed E-state index contributed by atoms with van der Waals surface area (Å²) in [6.07, 6.45) is 4.25. The van der Waals surface area contributed by atoms with Gasteiger partial charge in [-0.05, 0) is 36.6 Å². The van der Waals surface area contributed by atoms with Gasteiger partial charge in [-0.25, -0.2) is 9.59 Å². The van der Waals surface area contributed by atoms with Gasteiger partial charge in [0, 0.05) is 19.8 Å². The molecule has 120 valence electrons.